The third-order valence-corrected chi connectivity index (χ3v) is 1.35. The van der Waals surface area contributed by atoms with E-state index in [2.05, 4.69) is 0 Å². The van der Waals surface area contributed by atoms with E-state index in [0.717, 1.165) is 25.4 Å². The van der Waals surface area contributed by atoms with Crippen LogP contribution in [0.1, 0.15) is 20.3 Å². The minimum atomic E-state index is 0.730. The molecule has 0 aromatic heterocycles. The van der Waals surface area contributed by atoms with E-state index >= 15 is 0 Å². The van der Waals surface area contributed by atoms with Crippen molar-refractivity contribution in [3.05, 3.63) is 24.0 Å². The largest absolute Gasteiger partial charge is 0.498 e. The summed E-state index contributed by atoms with van der Waals surface area (Å²) in [5.41, 5.74) is 0. The van der Waals surface area contributed by atoms with E-state index in [9.17, 15) is 0 Å². The maximum atomic E-state index is 5.38. The van der Waals surface area contributed by atoms with Crippen LogP contribution in [-0.4, -0.2) is 20.3 Å². The van der Waals surface area contributed by atoms with Gasteiger partial charge < -0.3 is 9.47 Å². The molecule has 0 bridgehead atoms. The third-order valence-electron chi connectivity index (χ3n) is 1.35. The Labute approximate surface area is 74.9 Å². The van der Waals surface area contributed by atoms with Gasteiger partial charge in [-0.05, 0) is 19.9 Å². The molecule has 0 rings (SSSR count). The van der Waals surface area contributed by atoms with Gasteiger partial charge in [-0.25, -0.2) is 0 Å². The maximum Gasteiger partial charge on any atom is 0.0928 e. The lowest BCUT2D eigenvalue weighted by Gasteiger charge is -2.04. The first-order chi connectivity index (χ1) is 5.81. The quantitative estimate of drug-likeness (QED) is 0.346. The second-order valence-electron chi connectivity index (χ2n) is 2.50. The number of ether oxygens (including phenoxy) is 2. The van der Waals surface area contributed by atoms with Crippen LogP contribution in [0, 0.1) is 0 Å². The standard InChI is InChI=1S/C10H18O2/c1-4-5-7-10(2)12-9-6-8-11-3/h4-5,7H,6,8-9H2,1-3H3/b5-4-,10-7+. The lowest BCUT2D eigenvalue weighted by molar-refractivity contribution is 0.145. The summed E-state index contributed by atoms with van der Waals surface area (Å²) in [6.07, 6.45) is 6.83. The van der Waals surface area contributed by atoms with Crippen molar-refractivity contribution >= 4 is 0 Å². The van der Waals surface area contributed by atoms with Gasteiger partial charge in [0.1, 0.15) is 0 Å². The first-order valence-electron chi connectivity index (χ1n) is 4.22. The summed E-state index contributed by atoms with van der Waals surface area (Å²) in [5.74, 6) is 0.948. The van der Waals surface area contributed by atoms with E-state index in [1.54, 1.807) is 7.11 Å². The summed E-state index contributed by atoms with van der Waals surface area (Å²) < 4.78 is 10.3. The van der Waals surface area contributed by atoms with Crippen molar-refractivity contribution in [2.75, 3.05) is 20.3 Å². The van der Waals surface area contributed by atoms with E-state index in [1.165, 1.54) is 0 Å². The highest BCUT2D eigenvalue weighted by Crippen LogP contribution is 1.97. The molecule has 12 heavy (non-hydrogen) atoms. The van der Waals surface area contributed by atoms with E-state index in [-0.39, 0.29) is 0 Å². The fourth-order valence-corrected chi connectivity index (χ4v) is 0.716. The predicted molar refractivity (Wildman–Crippen MR) is 51.0 cm³/mol. The monoisotopic (exact) mass is 170 g/mol. The summed E-state index contributed by atoms with van der Waals surface area (Å²) in [6, 6.07) is 0. The normalized spacial score (nSPS) is 12.4. The molecule has 0 aromatic rings. The molecule has 0 saturated carbocycles. The molecular weight excluding hydrogens is 152 g/mol. The van der Waals surface area contributed by atoms with E-state index < -0.39 is 0 Å². The van der Waals surface area contributed by atoms with Crippen LogP contribution in [0.15, 0.2) is 24.0 Å². The van der Waals surface area contributed by atoms with Crippen LogP contribution < -0.4 is 0 Å². The fourth-order valence-electron chi connectivity index (χ4n) is 0.716. The van der Waals surface area contributed by atoms with Gasteiger partial charge in [-0.15, -0.1) is 0 Å². The number of allylic oxidation sites excluding steroid dienone is 4. The Morgan fingerprint density at radius 1 is 1.33 bits per heavy atom. The average molecular weight is 170 g/mol. The zero-order valence-corrected chi connectivity index (χ0v) is 8.17. The smallest absolute Gasteiger partial charge is 0.0928 e. The highest BCUT2D eigenvalue weighted by atomic mass is 16.5. The molecule has 0 N–H and O–H groups in total. The van der Waals surface area contributed by atoms with Gasteiger partial charge in [-0.3, -0.25) is 0 Å². The number of methoxy groups -OCH3 is 1. The molecule has 0 spiro atoms. The summed E-state index contributed by atoms with van der Waals surface area (Å²) in [5, 5.41) is 0. The molecule has 0 aromatic carbocycles. The number of hydrogen-bond donors (Lipinski definition) is 0. The number of hydrogen-bond acceptors (Lipinski definition) is 2. The van der Waals surface area contributed by atoms with Gasteiger partial charge in [-0.1, -0.05) is 12.2 Å². The van der Waals surface area contributed by atoms with Gasteiger partial charge in [0.2, 0.25) is 0 Å². The van der Waals surface area contributed by atoms with Crippen LogP contribution in [0.4, 0.5) is 0 Å². The summed E-state index contributed by atoms with van der Waals surface area (Å²) >= 11 is 0. The van der Waals surface area contributed by atoms with Gasteiger partial charge in [0.15, 0.2) is 0 Å². The molecule has 0 heterocycles. The second-order valence-corrected chi connectivity index (χ2v) is 2.50. The molecule has 70 valence electrons. The third kappa shape index (κ3) is 7.35. The Morgan fingerprint density at radius 2 is 2.08 bits per heavy atom. The van der Waals surface area contributed by atoms with Crippen LogP contribution in [-0.2, 0) is 9.47 Å². The molecule has 0 fully saturated rings. The molecule has 2 nitrogen and oxygen atoms in total. The van der Waals surface area contributed by atoms with Crippen molar-refractivity contribution < 1.29 is 9.47 Å². The van der Waals surface area contributed by atoms with Crippen LogP contribution in [0.3, 0.4) is 0 Å². The zero-order chi connectivity index (χ0) is 9.23. The van der Waals surface area contributed by atoms with Crippen LogP contribution >= 0.6 is 0 Å². The Bertz CT molecular complexity index is 148. The van der Waals surface area contributed by atoms with Crippen molar-refractivity contribution in [1.29, 1.82) is 0 Å². The van der Waals surface area contributed by atoms with Crippen LogP contribution in [0.2, 0.25) is 0 Å². The minimum absolute atomic E-state index is 0.730. The first-order valence-corrected chi connectivity index (χ1v) is 4.22. The Kier molecular flexibility index (Phi) is 7.81. The topological polar surface area (TPSA) is 18.5 Å². The Balaban J connectivity index is 3.36. The fraction of sp³-hybridized carbons (Fsp3) is 0.600. The van der Waals surface area contributed by atoms with Gasteiger partial charge in [0.25, 0.3) is 0 Å². The highest BCUT2D eigenvalue weighted by molar-refractivity contribution is 5.04. The van der Waals surface area contributed by atoms with Crippen molar-refractivity contribution in [3.63, 3.8) is 0 Å². The lowest BCUT2D eigenvalue weighted by atomic mass is 10.4. The molecule has 0 amide bonds. The molecule has 0 aliphatic carbocycles. The molecule has 0 aliphatic rings. The predicted octanol–water partition coefficient (Wildman–Crippen LogP) is 2.52. The van der Waals surface area contributed by atoms with Crippen molar-refractivity contribution in [2.24, 2.45) is 0 Å². The Hall–Kier alpha value is -0.760. The van der Waals surface area contributed by atoms with Gasteiger partial charge in [-0.2, -0.15) is 0 Å². The summed E-state index contributed by atoms with van der Waals surface area (Å²) in [4.78, 5) is 0. The van der Waals surface area contributed by atoms with E-state index in [1.807, 2.05) is 32.1 Å². The van der Waals surface area contributed by atoms with Crippen molar-refractivity contribution in [2.45, 2.75) is 20.3 Å². The summed E-state index contributed by atoms with van der Waals surface area (Å²) in [7, 11) is 1.70. The molecule has 2 heteroatoms. The number of rotatable bonds is 6. The summed E-state index contributed by atoms with van der Waals surface area (Å²) in [6.45, 7) is 5.42. The first kappa shape index (κ1) is 11.2. The molecule has 0 aliphatic heterocycles. The molecule has 0 radical (unpaired) electrons. The molecule has 0 unspecified atom stereocenters. The average Bonchev–Trinajstić information content (AvgIpc) is 2.09. The highest BCUT2D eigenvalue weighted by Gasteiger charge is 1.88. The van der Waals surface area contributed by atoms with Gasteiger partial charge in [0.05, 0.1) is 12.4 Å². The molecular formula is C10H18O2. The van der Waals surface area contributed by atoms with Gasteiger partial charge in [0, 0.05) is 20.1 Å². The van der Waals surface area contributed by atoms with E-state index in [4.69, 9.17) is 9.47 Å². The van der Waals surface area contributed by atoms with Crippen LogP contribution in [0.25, 0.3) is 0 Å². The van der Waals surface area contributed by atoms with E-state index in [0.29, 0.717) is 0 Å². The van der Waals surface area contributed by atoms with Crippen molar-refractivity contribution in [1.82, 2.24) is 0 Å². The lowest BCUT2D eigenvalue weighted by Crippen LogP contribution is -1.97. The van der Waals surface area contributed by atoms with Gasteiger partial charge >= 0.3 is 0 Å². The molecule has 0 saturated heterocycles. The molecule has 0 atom stereocenters. The maximum absolute atomic E-state index is 5.38. The van der Waals surface area contributed by atoms with Crippen LogP contribution in [0.5, 0.6) is 0 Å². The van der Waals surface area contributed by atoms with Crippen molar-refractivity contribution in [3.8, 4) is 0 Å². The SMILES string of the molecule is C/C=C\C=C(/C)OCCCOC. The second kappa shape index (κ2) is 8.34. The minimum Gasteiger partial charge on any atom is -0.498 e. The zero-order valence-electron chi connectivity index (χ0n) is 8.17. The Morgan fingerprint density at radius 3 is 2.67 bits per heavy atom.